The van der Waals surface area contributed by atoms with Gasteiger partial charge in [-0.2, -0.15) is 17.7 Å². The number of aryl methyl sites for hydroxylation is 2. The molecule has 1 saturated carbocycles. The number of carbonyl (C=O) groups is 4. The van der Waals surface area contributed by atoms with Gasteiger partial charge in [0.1, 0.15) is 22.2 Å². The lowest BCUT2D eigenvalue weighted by Crippen LogP contribution is -2.47. The summed E-state index contributed by atoms with van der Waals surface area (Å²) in [6.45, 7) is 14.3. The minimum absolute atomic E-state index is 0.0563. The first-order valence-electron chi connectivity index (χ1n) is 20.8. The van der Waals surface area contributed by atoms with Gasteiger partial charge in [-0.05, 0) is 84.3 Å². The molecule has 1 N–H and O–H groups in total. The zero-order valence-electron chi connectivity index (χ0n) is 35.9. The number of ether oxygens (including phenoxy) is 2. The number of allylic oxidation sites excluding steroid dienone is 2. The summed E-state index contributed by atoms with van der Waals surface area (Å²) in [6, 6.07) is 5.34. The molecular formula is C43H60N6O8S2. The number of fused-ring (bicyclic) bond motifs is 3. The number of para-hydroxylation sites is 1. The molecule has 2 fully saturated rings. The smallest absolute Gasteiger partial charge is 0.307 e. The molecule has 0 spiro atoms. The Morgan fingerprint density at radius 3 is 2.53 bits per heavy atom. The van der Waals surface area contributed by atoms with Gasteiger partial charge in [-0.1, -0.05) is 44.9 Å². The Morgan fingerprint density at radius 1 is 1.12 bits per heavy atom. The summed E-state index contributed by atoms with van der Waals surface area (Å²) in [7, 11) is -1.48. The van der Waals surface area contributed by atoms with Crippen molar-refractivity contribution in [1.29, 1.82) is 0 Å². The maximum atomic E-state index is 14.7. The van der Waals surface area contributed by atoms with Crippen LogP contribution < -0.4 is 9.46 Å². The van der Waals surface area contributed by atoms with Gasteiger partial charge in [0.05, 0.1) is 35.6 Å². The Morgan fingerprint density at radius 2 is 1.86 bits per heavy atom. The standard InChI is InChI=1S/C43H60N6O8S2/c1-10-48-32-20-16-19-31(38-44-36(26(2)3)27(4)58-38)37(32)45-41(48)56-30-22-33-34(50)24-43(40(53)46-59(54,55)47(8)9)23-29(43)18-15-13-11-12-14-17-28(39(52)49(33)25-30)21-35(51)57-42(5,6)7/h15-16,18-20,26,28-30,33H,10-14,17,21-25H2,1-9H3,(H,46,53)/b18-15-/t28-,29-,30-,33+,43-/m1/s1. The minimum atomic E-state index is -4.13. The molecule has 3 aliphatic rings. The Labute approximate surface area is 352 Å². The van der Waals surface area contributed by atoms with Crippen molar-refractivity contribution in [3.8, 4) is 16.6 Å². The highest BCUT2D eigenvalue weighted by atomic mass is 32.2. The van der Waals surface area contributed by atoms with Gasteiger partial charge in [-0.15, -0.1) is 11.3 Å². The lowest BCUT2D eigenvalue weighted by Gasteiger charge is -2.29. The second-order valence-corrected chi connectivity index (χ2v) is 20.9. The van der Waals surface area contributed by atoms with Crippen molar-refractivity contribution in [1.82, 2.24) is 28.5 Å². The highest BCUT2D eigenvalue weighted by Crippen LogP contribution is 2.57. The van der Waals surface area contributed by atoms with Gasteiger partial charge in [-0.25, -0.2) is 9.71 Å². The number of rotatable bonds is 10. The fraction of sp³-hybridized carbons (Fsp3) is 0.628. The average molecular weight is 853 g/mol. The molecule has 0 bridgehead atoms. The van der Waals surface area contributed by atoms with Crippen LogP contribution in [0.2, 0.25) is 0 Å². The molecule has 0 unspecified atom stereocenters. The molecule has 0 radical (unpaired) electrons. The molecule has 6 rings (SSSR count). The lowest BCUT2D eigenvalue weighted by molar-refractivity contribution is -0.159. The highest BCUT2D eigenvalue weighted by Gasteiger charge is 2.61. The van der Waals surface area contributed by atoms with Gasteiger partial charge in [-0.3, -0.25) is 23.7 Å². The summed E-state index contributed by atoms with van der Waals surface area (Å²) in [5.74, 6) is -2.76. The Balaban J connectivity index is 1.35. The molecule has 2 amide bonds. The Hall–Kier alpha value is -4.15. The molecule has 1 aliphatic carbocycles. The zero-order valence-corrected chi connectivity index (χ0v) is 37.5. The molecule has 16 heteroatoms. The van der Waals surface area contributed by atoms with Crippen molar-refractivity contribution in [2.45, 2.75) is 136 Å². The molecule has 3 aromatic rings. The molecule has 2 aliphatic heterocycles. The number of carbonyl (C=O) groups excluding carboxylic acids is 4. The molecule has 322 valence electrons. The van der Waals surface area contributed by atoms with Gasteiger partial charge in [0.25, 0.3) is 6.01 Å². The van der Waals surface area contributed by atoms with Crippen LogP contribution in [0, 0.1) is 24.2 Å². The third kappa shape index (κ3) is 9.75. The molecule has 1 saturated heterocycles. The zero-order chi connectivity index (χ0) is 43.0. The number of hydrogen-bond donors (Lipinski definition) is 1. The molecular weight excluding hydrogens is 793 g/mol. The molecule has 59 heavy (non-hydrogen) atoms. The number of ketones is 1. The lowest BCUT2D eigenvalue weighted by atomic mass is 9.90. The van der Waals surface area contributed by atoms with Crippen molar-refractivity contribution in [3.05, 3.63) is 40.9 Å². The van der Waals surface area contributed by atoms with Gasteiger partial charge in [0, 0.05) is 49.8 Å². The minimum Gasteiger partial charge on any atom is -0.460 e. The monoisotopic (exact) mass is 852 g/mol. The number of nitrogens with zero attached hydrogens (tertiary/aromatic N) is 5. The van der Waals surface area contributed by atoms with E-state index in [1.165, 1.54) is 19.0 Å². The van der Waals surface area contributed by atoms with E-state index >= 15 is 0 Å². The Bertz CT molecular complexity index is 2220. The van der Waals surface area contributed by atoms with E-state index in [0.717, 1.165) is 55.7 Å². The normalized spacial score (nSPS) is 25.0. The summed E-state index contributed by atoms with van der Waals surface area (Å²) in [4.78, 5) is 69.1. The van der Waals surface area contributed by atoms with Crippen LogP contribution in [0.4, 0.5) is 0 Å². The number of Topliss-reactive ketones (excluding diaryl/α,β-unsaturated/α-hetero) is 1. The highest BCUT2D eigenvalue weighted by molar-refractivity contribution is 7.87. The van der Waals surface area contributed by atoms with Crippen LogP contribution in [0.3, 0.4) is 0 Å². The van der Waals surface area contributed by atoms with Crippen molar-refractivity contribution in [2.24, 2.45) is 17.3 Å². The van der Waals surface area contributed by atoms with E-state index in [1.54, 1.807) is 32.1 Å². The average Bonchev–Trinajstić information content (AvgIpc) is 3.41. The maximum absolute atomic E-state index is 14.7. The third-order valence-corrected chi connectivity index (χ3v) is 14.0. The number of esters is 1. The van der Waals surface area contributed by atoms with E-state index in [0.29, 0.717) is 31.8 Å². The van der Waals surface area contributed by atoms with E-state index in [9.17, 15) is 27.6 Å². The first kappa shape index (κ1) is 44.4. The molecule has 4 heterocycles. The number of nitrogens with one attached hydrogen (secondary N) is 1. The summed E-state index contributed by atoms with van der Waals surface area (Å²) >= 11 is 1.63. The quantitative estimate of drug-likeness (QED) is 0.171. The number of imidazole rings is 1. The van der Waals surface area contributed by atoms with Crippen molar-refractivity contribution in [3.63, 3.8) is 0 Å². The van der Waals surface area contributed by atoms with Crippen LogP contribution in [0.5, 0.6) is 6.01 Å². The van der Waals surface area contributed by atoms with Crippen molar-refractivity contribution in [2.75, 3.05) is 20.6 Å². The van der Waals surface area contributed by atoms with Crippen LogP contribution in [0.15, 0.2) is 30.4 Å². The van der Waals surface area contributed by atoms with Gasteiger partial charge in [0.15, 0.2) is 5.78 Å². The first-order chi connectivity index (χ1) is 27.7. The van der Waals surface area contributed by atoms with E-state index in [-0.39, 0.29) is 49.3 Å². The van der Waals surface area contributed by atoms with Gasteiger partial charge in [0.2, 0.25) is 11.8 Å². The van der Waals surface area contributed by atoms with E-state index in [1.807, 2.05) is 41.8 Å². The summed E-state index contributed by atoms with van der Waals surface area (Å²) in [5, 5.41) is 0.868. The predicted molar refractivity (Wildman–Crippen MR) is 227 cm³/mol. The summed E-state index contributed by atoms with van der Waals surface area (Å²) in [6.07, 6.45) is 6.76. The van der Waals surface area contributed by atoms with Crippen LogP contribution in [-0.4, -0.2) is 94.1 Å². The topological polar surface area (TPSA) is 170 Å². The first-order valence-corrected chi connectivity index (χ1v) is 23.1. The van der Waals surface area contributed by atoms with Crippen LogP contribution in [-0.2, 0) is 40.7 Å². The number of amides is 2. The van der Waals surface area contributed by atoms with Crippen LogP contribution in [0.1, 0.15) is 116 Å². The molecule has 5 atom stereocenters. The van der Waals surface area contributed by atoms with Crippen molar-refractivity contribution < 1.29 is 37.1 Å². The van der Waals surface area contributed by atoms with Crippen molar-refractivity contribution >= 4 is 56.1 Å². The second kappa shape index (κ2) is 17.4. The van der Waals surface area contributed by atoms with Crippen LogP contribution in [0.25, 0.3) is 21.6 Å². The van der Waals surface area contributed by atoms with Gasteiger partial charge < -0.3 is 14.4 Å². The fourth-order valence-electron chi connectivity index (χ4n) is 8.42. The Kier molecular flexibility index (Phi) is 13.1. The second-order valence-electron chi connectivity index (χ2n) is 17.8. The number of aromatic nitrogens is 3. The SMILES string of the molecule is CCn1c(O[C@@H]2C[C@H]3C(=O)C[C@]4(C(=O)NS(=O)(=O)N(C)C)C[C@H]4/C=C\CCCCC[C@H](CC(=O)OC(C)(C)C)C(=O)N3C2)nc2c(-c3nc(C(C)C)c(C)s3)cccc21. The fourth-order valence-corrected chi connectivity index (χ4v) is 10.1. The van der Waals surface area contributed by atoms with E-state index in [2.05, 4.69) is 25.5 Å². The number of benzene rings is 1. The summed E-state index contributed by atoms with van der Waals surface area (Å²) < 4.78 is 43.0. The van der Waals surface area contributed by atoms with Crippen LogP contribution >= 0.6 is 11.3 Å². The van der Waals surface area contributed by atoms with E-state index < -0.39 is 51.2 Å². The van der Waals surface area contributed by atoms with E-state index in [4.69, 9.17) is 19.4 Å². The predicted octanol–water partition coefficient (Wildman–Crippen LogP) is 6.72. The molecule has 1 aromatic carbocycles. The molecule has 2 aromatic heterocycles. The number of hydrogen-bond acceptors (Lipinski definition) is 11. The summed E-state index contributed by atoms with van der Waals surface area (Å²) in [5.41, 5.74) is 1.50. The third-order valence-electron chi connectivity index (χ3n) is 11.6. The number of thiazole rings is 1. The maximum Gasteiger partial charge on any atom is 0.307 e. The molecule has 14 nitrogen and oxygen atoms in total. The largest absolute Gasteiger partial charge is 0.460 e. The van der Waals surface area contributed by atoms with Gasteiger partial charge >= 0.3 is 16.2 Å².